The molecular weight excluding hydrogens is 190 g/mol. The lowest BCUT2D eigenvalue weighted by Crippen LogP contribution is -2.31. The van der Waals surface area contributed by atoms with E-state index < -0.39 is 0 Å². The monoisotopic (exact) mass is 207 g/mol. The maximum absolute atomic E-state index is 5.64. The van der Waals surface area contributed by atoms with E-state index in [0.717, 1.165) is 18.7 Å². The summed E-state index contributed by atoms with van der Waals surface area (Å²) in [6, 6.07) is 6.19. The second-order valence-corrected chi connectivity index (χ2v) is 3.60. The molecule has 1 aliphatic heterocycles. The van der Waals surface area contributed by atoms with Crippen molar-refractivity contribution in [1.82, 2.24) is 5.32 Å². The van der Waals surface area contributed by atoms with Gasteiger partial charge in [0.15, 0.2) is 0 Å². The van der Waals surface area contributed by atoms with Gasteiger partial charge in [0.05, 0.1) is 7.11 Å². The van der Waals surface area contributed by atoms with Gasteiger partial charge in [-0.05, 0) is 31.0 Å². The normalized spacial score (nSPS) is 19.7. The lowest BCUT2D eigenvalue weighted by Gasteiger charge is -2.26. The summed E-state index contributed by atoms with van der Waals surface area (Å²) in [4.78, 5) is 0. The highest BCUT2D eigenvalue weighted by Gasteiger charge is 2.19. The number of fused-ring (bicyclic) bond motifs is 1. The average Bonchev–Trinajstić information content (AvgIpc) is 2.29. The van der Waals surface area contributed by atoms with E-state index in [1.165, 1.54) is 11.1 Å². The molecule has 0 aromatic heterocycles. The number of rotatable bonds is 3. The molecule has 0 saturated heterocycles. The van der Waals surface area contributed by atoms with Crippen LogP contribution >= 0.6 is 0 Å². The molecule has 3 nitrogen and oxygen atoms in total. The predicted molar refractivity (Wildman–Crippen MR) is 59.1 cm³/mol. The van der Waals surface area contributed by atoms with E-state index in [-0.39, 0.29) is 6.23 Å². The van der Waals surface area contributed by atoms with Gasteiger partial charge in [-0.1, -0.05) is 6.07 Å². The second-order valence-electron chi connectivity index (χ2n) is 3.60. The Morgan fingerprint density at radius 3 is 3.07 bits per heavy atom. The van der Waals surface area contributed by atoms with Gasteiger partial charge in [0, 0.05) is 18.7 Å². The Bertz CT molecular complexity index is 338. The van der Waals surface area contributed by atoms with Crippen molar-refractivity contribution in [2.24, 2.45) is 0 Å². The first-order valence-corrected chi connectivity index (χ1v) is 5.37. The minimum Gasteiger partial charge on any atom is -0.497 e. The van der Waals surface area contributed by atoms with Crippen LogP contribution in [0.15, 0.2) is 18.2 Å². The molecule has 0 fully saturated rings. The fraction of sp³-hybridized carbons (Fsp3) is 0.500. The third-order valence-corrected chi connectivity index (χ3v) is 2.69. The van der Waals surface area contributed by atoms with Crippen LogP contribution in [0.1, 0.15) is 24.3 Å². The number of hydrogen-bond acceptors (Lipinski definition) is 3. The molecule has 1 aromatic carbocycles. The second kappa shape index (κ2) is 4.64. The molecule has 1 N–H and O–H groups in total. The van der Waals surface area contributed by atoms with Gasteiger partial charge >= 0.3 is 0 Å². The third kappa shape index (κ3) is 2.13. The van der Waals surface area contributed by atoms with Gasteiger partial charge < -0.3 is 9.47 Å². The van der Waals surface area contributed by atoms with Crippen molar-refractivity contribution in [3.05, 3.63) is 29.3 Å². The number of nitrogens with one attached hydrogen (secondary N) is 1. The lowest BCUT2D eigenvalue weighted by atomic mass is 9.99. The number of ether oxygens (including phenoxy) is 2. The van der Waals surface area contributed by atoms with Crippen molar-refractivity contribution in [2.75, 3.05) is 20.3 Å². The Balaban J connectivity index is 2.30. The van der Waals surface area contributed by atoms with Crippen molar-refractivity contribution in [3.63, 3.8) is 0 Å². The molecule has 0 saturated carbocycles. The van der Waals surface area contributed by atoms with Crippen molar-refractivity contribution < 1.29 is 9.47 Å². The minimum atomic E-state index is 0.0221. The SMILES string of the molecule is CCOC1NCCc2ccc(OC)cc21. The molecule has 0 radical (unpaired) electrons. The summed E-state index contributed by atoms with van der Waals surface area (Å²) in [5, 5.41) is 3.35. The summed E-state index contributed by atoms with van der Waals surface area (Å²) in [5.74, 6) is 0.891. The van der Waals surface area contributed by atoms with Crippen LogP contribution in [-0.2, 0) is 11.2 Å². The molecule has 82 valence electrons. The van der Waals surface area contributed by atoms with Gasteiger partial charge in [-0.15, -0.1) is 0 Å². The highest BCUT2D eigenvalue weighted by atomic mass is 16.5. The van der Waals surface area contributed by atoms with E-state index in [1.807, 2.05) is 13.0 Å². The van der Waals surface area contributed by atoms with Gasteiger partial charge in [0.25, 0.3) is 0 Å². The number of benzene rings is 1. The van der Waals surface area contributed by atoms with Crippen LogP contribution in [0.25, 0.3) is 0 Å². The molecule has 1 atom stereocenters. The van der Waals surface area contributed by atoms with Crippen molar-refractivity contribution in [1.29, 1.82) is 0 Å². The van der Waals surface area contributed by atoms with Crippen LogP contribution in [0.4, 0.5) is 0 Å². The fourth-order valence-electron chi connectivity index (χ4n) is 1.93. The summed E-state index contributed by atoms with van der Waals surface area (Å²) in [6.45, 7) is 3.70. The molecule has 2 rings (SSSR count). The van der Waals surface area contributed by atoms with Crippen LogP contribution in [-0.4, -0.2) is 20.3 Å². The standard InChI is InChI=1S/C12H17NO2/c1-3-15-12-11-8-10(14-2)5-4-9(11)6-7-13-12/h4-5,8,12-13H,3,6-7H2,1-2H3. The quantitative estimate of drug-likeness (QED) is 0.820. The molecule has 1 aromatic rings. The van der Waals surface area contributed by atoms with Crippen molar-refractivity contribution in [3.8, 4) is 5.75 Å². The summed E-state index contributed by atoms with van der Waals surface area (Å²) < 4.78 is 10.9. The molecule has 3 heteroatoms. The first kappa shape index (κ1) is 10.5. The van der Waals surface area contributed by atoms with Gasteiger partial charge in [-0.2, -0.15) is 0 Å². The Morgan fingerprint density at radius 1 is 1.47 bits per heavy atom. The van der Waals surface area contributed by atoms with Gasteiger partial charge in [0.1, 0.15) is 12.0 Å². The topological polar surface area (TPSA) is 30.5 Å². The van der Waals surface area contributed by atoms with Crippen LogP contribution in [0, 0.1) is 0 Å². The van der Waals surface area contributed by atoms with E-state index in [4.69, 9.17) is 9.47 Å². The summed E-state index contributed by atoms with van der Waals surface area (Å²) in [7, 11) is 1.69. The van der Waals surface area contributed by atoms with E-state index in [1.54, 1.807) is 7.11 Å². The molecule has 0 spiro atoms. The molecule has 0 amide bonds. The molecule has 0 bridgehead atoms. The lowest BCUT2D eigenvalue weighted by molar-refractivity contribution is 0.0327. The van der Waals surface area contributed by atoms with Crippen LogP contribution in [0.2, 0.25) is 0 Å². The number of hydrogen-bond donors (Lipinski definition) is 1. The largest absolute Gasteiger partial charge is 0.497 e. The van der Waals surface area contributed by atoms with E-state index >= 15 is 0 Å². The van der Waals surface area contributed by atoms with Gasteiger partial charge in [0.2, 0.25) is 0 Å². The molecule has 0 aliphatic carbocycles. The average molecular weight is 207 g/mol. The van der Waals surface area contributed by atoms with E-state index in [9.17, 15) is 0 Å². The zero-order chi connectivity index (χ0) is 10.7. The number of methoxy groups -OCH3 is 1. The Hall–Kier alpha value is -1.06. The van der Waals surface area contributed by atoms with Gasteiger partial charge in [-0.25, -0.2) is 0 Å². The molecular formula is C12H17NO2. The van der Waals surface area contributed by atoms with Crippen LogP contribution in [0.5, 0.6) is 5.75 Å². The van der Waals surface area contributed by atoms with Crippen LogP contribution < -0.4 is 10.1 Å². The predicted octanol–water partition coefficient (Wildman–Crippen LogP) is 1.88. The summed E-state index contributed by atoms with van der Waals surface area (Å²) in [5.41, 5.74) is 2.57. The highest BCUT2D eigenvalue weighted by molar-refractivity contribution is 5.38. The smallest absolute Gasteiger partial charge is 0.134 e. The minimum absolute atomic E-state index is 0.0221. The third-order valence-electron chi connectivity index (χ3n) is 2.69. The Kier molecular flexibility index (Phi) is 3.23. The maximum Gasteiger partial charge on any atom is 0.134 e. The highest BCUT2D eigenvalue weighted by Crippen LogP contribution is 2.27. The Morgan fingerprint density at radius 2 is 2.33 bits per heavy atom. The van der Waals surface area contributed by atoms with Crippen LogP contribution in [0.3, 0.4) is 0 Å². The first-order chi connectivity index (χ1) is 7.35. The first-order valence-electron chi connectivity index (χ1n) is 5.37. The molecule has 1 heterocycles. The van der Waals surface area contributed by atoms with Crippen molar-refractivity contribution in [2.45, 2.75) is 19.6 Å². The van der Waals surface area contributed by atoms with E-state index in [2.05, 4.69) is 17.4 Å². The summed E-state index contributed by atoms with van der Waals surface area (Å²) >= 11 is 0. The van der Waals surface area contributed by atoms with Crippen molar-refractivity contribution >= 4 is 0 Å². The molecule has 1 aliphatic rings. The van der Waals surface area contributed by atoms with E-state index in [0.29, 0.717) is 6.61 Å². The molecule has 1 unspecified atom stereocenters. The van der Waals surface area contributed by atoms with Gasteiger partial charge in [-0.3, -0.25) is 5.32 Å². The summed E-state index contributed by atoms with van der Waals surface area (Å²) in [6.07, 6.45) is 1.08. The Labute approximate surface area is 90.4 Å². The zero-order valence-corrected chi connectivity index (χ0v) is 9.25. The molecule has 15 heavy (non-hydrogen) atoms. The fourth-order valence-corrected chi connectivity index (χ4v) is 1.93. The zero-order valence-electron chi connectivity index (χ0n) is 9.25. The maximum atomic E-state index is 5.64.